The number of fused-ring (bicyclic) bond motifs is 2. The molecule has 0 unspecified atom stereocenters. The first kappa shape index (κ1) is 57.9. The highest BCUT2D eigenvalue weighted by atomic mass is 127. The number of pyridine rings is 2. The van der Waals surface area contributed by atoms with E-state index in [4.69, 9.17) is 30.4 Å². The van der Waals surface area contributed by atoms with E-state index in [0.29, 0.717) is 33.7 Å². The number of aromatic nitrogens is 8. The molecule has 4 atom stereocenters. The van der Waals surface area contributed by atoms with E-state index < -0.39 is 19.4 Å². The number of aliphatic hydroxyl groups is 2. The largest absolute Gasteiger partial charge is 0.498 e. The number of aromatic amines is 1. The molecule has 8 aromatic rings. The lowest BCUT2D eigenvalue weighted by Crippen LogP contribution is -2.41. The van der Waals surface area contributed by atoms with Gasteiger partial charge in [0.1, 0.15) is 34.7 Å². The molecule has 1 saturated heterocycles. The number of H-pyrrole nitrogens is 1. The van der Waals surface area contributed by atoms with Crippen molar-refractivity contribution in [3.05, 3.63) is 103 Å². The van der Waals surface area contributed by atoms with Gasteiger partial charge in [-0.15, -0.1) is 0 Å². The SMILES string of the molecule is CC1(C)OB(c2cn[nH]c2)OC1(C)C.FC(F)CI.O[C@@H]1CCCC[C@H]1Nc1nc2ccc(Oc3ccnc(-c4cnn(CC(F)F)c4)c3)cc2s1.O[C@@H]1CCCC[C@H]1Nc1nc2ccc(Oc3ccnc(Cl)c3)cc2s1. The number of benzene rings is 2. The average molecular weight is 1230 g/mol. The molecule has 410 valence electrons. The van der Waals surface area contributed by atoms with Crippen LogP contribution in [0.15, 0.2) is 97.8 Å². The summed E-state index contributed by atoms with van der Waals surface area (Å²) in [5.74, 6) is 2.60. The Bertz CT molecular complexity index is 3120. The standard InChI is InChI=1S/C23H23F2N5O2S.C18H18ClN3O2S.C9H15BN2O2.C2H3F2I/c24-22(25)13-30-12-14(11-27-30)19-9-16(7-8-26-19)32-15-5-6-18-21(10-15)33-23(29-18)28-17-3-1-2-4-20(17)31;19-17-10-12(7-8-20-17)24-11-5-6-14-16(9-11)25-18(22-14)21-13-3-1-2-4-15(13)23;1-8(2)9(3,4)14-10(13-8)7-5-11-12-6-7;3-2(4)1-5/h5-12,17,20,22,31H,1-4,13H2,(H,28,29);5-10,13,15,23H,1-4H2,(H,21,22);5-6H,1-4H3,(H,11,12);2H,1H2/t17-,20-;13-,15-;;/m11../s1. The minimum absolute atomic E-state index is 0.0373. The van der Waals surface area contributed by atoms with E-state index >= 15 is 0 Å². The predicted molar refractivity (Wildman–Crippen MR) is 303 cm³/mol. The molecule has 0 radical (unpaired) electrons. The van der Waals surface area contributed by atoms with Gasteiger partial charge >= 0.3 is 7.12 Å². The van der Waals surface area contributed by atoms with Crippen LogP contribution in [-0.2, 0) is 15.9 Å². The normalized spacial score (nSPS) is 19.7. The second kappa shape index (κ2) is 26.6. The van der Waals surface area contributed by atoms with Crippen LogP contribution in [0.5, 0.6) is 23.0 Å². The van der Waals surface area contributed by atoms with Crippen molar-refractivity contribution in [2.24, 2.45) is 0 Å². The summed E-state index contributed by atoms with van der Waals surface area (Å²) in [7, 11) is -0.307. The summed E-state index contributed by atoms with van der Waals surface area (Å²) >= 11 is 10.6. The fraction of sp³-hybridized carbons (Fsp3) is 0.423. The third kappa shape index (κ3) is 16.2. The first-order valence-electron chi connectivity index (χ1n) is 25.0. The van der Waals surface area contributed by atoms with Crippen LogP contribution in [0.2, 0.25) is 5.15 Å². The van der Waals surface area contributed by atoms with Gasteiger partial charge in [-0.05, 0) is 89.8 Å². The van der Waals surface area contributed by atoms with Crippen LogP contribution in [0.25, 0.3) is 31.7 Å². The minimum Gasteiger partial charge on any atom is -0.457 e. The summed E-state index contributed by atoms with van der Waals surface area (Å²) in [5.41, 5.74) is 3.37. The van der Waals surface area contributed by atoms with Crippen molar-refractivity contribution in [1.82, 2.24) is 39.9 Å². The summed E-state index contributed by atoms with van der Waals surface area (Å²) in [6.45, 7) is 7.68. The Kier molecular flexibility index (Phi) is 20.0. The predicted octanol–water partition coefficient (Wildman–Crippen LogP) is 12.6. The van der Waals surface area contributed by atoms with Crippen molar-refractivity contribution >= 4 is 100 Å². The van der Waals surface area contributed by atoms with Crippen molar-refractivity contribution in [2.75, 3.05) is 15.1 Å². The second-order valence-corrected chi connectivity index (χ2v) is 22.7. The molecule has 0 spiro atoms. The molecule has 2 saturated carbocycles. The van der Waals surface area contributed by atoms with Gasteiger partial charge in [0, 0.05) is 66.3 Å². The number of nitrogens with zero attached hydrogens (tertiary/aromatic N) is 7. The van der Waals surface area contributed by atoms with Crippen molar-refractivity contribution in [3.63, 3.8) is 0 Å². The Morgan fingerprint density at radius 3 is 1.77 bits per heavy atom. The summed E-state index contributed by atoms with van der Waals surface area (Å²) in [6, 6.07) is 18.5. The molecule has 25 heteroatoms. The van der Waals surface area contributed by atoms with Crippen LogP contribution in [0.1, 0.15) is 79.1 Å². The number of aliphatic hydroxyl groups excluding tert-OH is 2. The smallest absolute Gasteiger partial charge is 0.457 e. The van der Waals surface area contributed by atoms with Gasteiger partial charge in [0.25, 0.3) is 6.43 Å². The highest BCUT2D eigenvalue weighted by Gasteiger charge is 2.52. The van der Waals surface area contributed by atoms with E-state index in [0.717, 1.165) is 93.3 Å². The fourth-order valence-electron chi connectivity index (χ4n) is 8.40. The Morgan fingerprint density at radius 1 is 0.753 bits per heavy atom. The van der Waals surface area contributed by atoms with Crippen molar-refractivity contribution in [2.45, 2.75) is 134 Å². The first-order valence-corrected chi connectivity index (χ1v) is 28.6. The van der Waals surface area contributed by atoms with Crippen LogP contribution < -0.4 is 25.6 Å². The zero-order valence-electron chi connectivity index (χ0n) is 42.6. The fourth-order valence-corrected chi connectivity index (χ4v) is 10.5. The van der Waals surface area contributed by atoms with Gasteiger partial charge in [0.05, 0.1) is 72.2 Å². The molecule has 16 nitrogen and oxygen atoms in total. The zero-order chi connectivity index (χ0) is 54.7. The van der Waals surface area contributed by atoms with Gasteiger partial charge in [-0.2, -0.15) is 10.2 Å². The van der Waals surface area contributed by atoms with E-state index in [1.54, 1.807) is 89.2 Å². The van der Waals surface area contributed by atoms with E-state index in [1.807, 2.05) is 64.1 Å². The molecule has 7 heterocycles. The van der Waals surface area contributed by atoms with Gasteiger partial charge in [0.15, 0.2) is 10.3 Å². The monoisotopic (exact) mass is 1230 g/mol. The van der Waals surface area contributed by atoms with Crippen LogP contribution in [0.3, 0.4) is 0 Å². The maximum atomic E-state index is 12.6. The Labute approximate surface area is 470 Å². The molecule has 3 fully saturated rings. The number of ether oxygens (including phenoxy) is 2. The zero-order valence-corrected chi connectivity index (χ0v) is 47.1. The highest BCUT2D eigenvalue weighted by Crippen LogP contribution is 2.38. The van der Waals surface area contributed by atoms with Crippen molar-refractivity contribution in [3.8, 4) is 34.3 Å². The Morgan fingerprint density at radius 2 is 1.27 bits per heavy atom. The quantitative estimate of drug-likeness (QED) is 0.0240. The van der Waals surface area contributed by atoms with Crippen LogP contribution in [0.4, 0.5) is 27.8 Å². The molecule has 1 aliphatic heterocycles. The molecule has 6 aromatic heterocycles. The van der Waals surface area contributed by atoms with Crippen LogP contribution in [-0.4, -0.2) is 110 Å². The van der Waals surface area contributed by atoms with Crippen molar-refractivity contribution in [1.29, 1.82) is 0 Å². The van der Waals surface area contributed by atoms with E-state index in [1.165, 1.54) is 22.2 Å². The Hall–Kier alpha value is -5.22. The number of hydrogen-bond acceptors (Lipinski definition) is 16. The third-order valence-electron chi connectivity index (χ3n) is 13.1. The number of anilines is 2. The van der Waals surface area contributed by atoms with Gasteiger partial charge in [-0.1, -0.05) is 82.5 Å². The molecular formula is C52H59BClF4IN10O6S2. The van der Waals surface area contributed by atoms with E-state index in [2.05, 4.69) is 45.9 Å². The van der Waals surface area contributed by atoms with Crippen LogP contribution >= 0.6 is 56.9 Å². The summed E-state index contributed by atoms with van der Waals surface area (Å²) in [6.07, 6.45) is 12.6. The van der Waals surface area contributed by atoms with Gasteiger partial charge in [-0.25, -0.2) is 32.5 Å². The summed E-state index contributed by atoms with van der Waals surface area (Å²) < 4.78 is 73.3. The average Bonchev–Trinajstić information content (AvgIpc) is 4.29. The maximum absolute atomic E-state index is 12.6. The number of thiazole rings is 2. The summed E-state index contributed by atoms with van der Waals surface area (Å²) in [4.78, 5) is 17.5. The minimum atomic E-state index is -2.47. The topological polar surface area (TPSA) is 200 Å². The van der Waals surface area contributed by atoms with E-state index in [9.17, 15) is 27.8 Å². The van der Waals surface area contributed by atoms with Crippen molar-refractivity contribution < 1.29 is 46.6 Å². The first-order chi connectivity index (χ1) is 36.9. The number of rotatable bonds is 13. The maximum Gasteiger partial charge on any atom is 0.498 e. The molecule has 77 heavy (non-hydrogen) atoms. The van der Waals surface area contributed by atoms with Gasteiger partial charge in [0.2, 0.25) is 6.43 Å². The number of alkyl halides is 5. The molecule has 5 N–H and O–H groups in total. The van der Waals surface area contributed by atoms with E-state index in [-0.39, 0.29) is 47.0 Å². The Balaban J connectivity index is 0.000000156. The van der Waals surface area contributed by atoms with Crippen LogP contribution in [0, 0.1) is 0 Å². The molecule has 3 aliphatic rings. The van der Waals surface area contributed by atoms with Gasteiger partial charge in [-0.3, -0.25) is 14.8 Å². The molecule has 11 rings (SSSR count). The number of hydrogen-bond donors (Lipinski definition) is 5. The number of halogens is 6. The lowest BCUT2D eigenvalue weighted by atomic mass is 9.82. The van der Waals surface area contributed by atoms with Gasteiger partial charge < -0.3 is 39.6 Å². The molecule has 0 amide bonds. The molecule has 2 aliphatic carbocycles. The molecular weight excluding hydrogens is 1170 g/mol. The second-order valence-electron chi connectivity index (χ2n) is 19.4. The highest BCUT2D eigenvalue weighted by molar-refractivity contribution is 14.1. The summed E-state index contributed by atoms with van der Waals surface area (Å²) in [5, 5.41) is 39.7. The number of nitrogens with one attached hydrogen (secondary N) is 3. The third-order valence-corrected chi connectivity index (χ3v) is 15.9. The molecule has 0 bridgehead atoms. The lowest BCUT2D eigenvalue weighted by molar-refractivity contribution is 0.00578. The molecule has 2 aromatic carbocycles. The lowest BCUT2D eigenvalue weighted by Gasteiger charge is -2.32.